The average Bonchev–Trinajstić information content (AvgIpc) is 3.38. The van der Waals surface area contributed by atoms with Gasteiger partial charge in [-0.05, 0) is 24.6 Å². The van der Waals surface area contributed by atoms with E-state index >= 15 is 0 Å². The predicted octanol–water partition coefficient (Wildman–Crippen LogP) is 3.40. The van der Waals surface area contributed by atoms with E-state index in [0.29, 0.717) is 23.0 Å². The standard InChI is InChI=1S/C21H19N5O3S/c1-14-10-19(27)24-21(22-14)26-18(11-16(25-26)17-8-5-9-29-17)23-20(28)13-30-12-15-6-3-2-4-7-15/h2-11H,12-13H2,1H3,(H,23,28)(H,22,24,27). The average molecular weight is 421 g/mol. The minimum Gasteiger partial charge on any atom is -0.463 e. The lowest BCUT2D eigenvalue weighted by Gasteiger charge is -2.08. The Balaban J connectivity index is 1.55. The Morgan fingerprint density at radius 1 is 1.20 bits per heavy atom. The van der Waals surface area contributed by atoms with Gasteiger partial charge in [0, 0.05) is 23.6 Å². The summed E-state index contributed by atoms with van der Waals surface area (Å²) in [4.78, 5) is 31.4. The molecule has 4 aromatic rings. The van der Waals surface area contributed by atoms with Gasteiger partial charge in [-0.3, -0.25) is 14.6 Å². The highest BCUT2D eigenvalue weighted by Crippen LogP contribution is 2.24. The van der Waals surface area contributed by atoms with Crippen molar-refractivity contribution in [2.45, 2.75) is 12.7 Å². The van der Waals surface area contributed by atoms with Gasteiger partial charge >= 0.3 is 0 Å². The molecule has 0 aliphatic carbocycles. The Morgan fingerprint density at radius 2 is 2.03 bits per heavy atom. The highest BCUT2D eigenvalue weighted by molar-refractivity contribution is 7.99. The number of H-pyrrole nitrogens is 1. The third kappa shape index (κ3) is 4.69. The van der Waals surface area contributed by atoms with Crippen molar-refractivity contribution in [1.29, 1.82) is 0 Å². The van der Waals surface area contributed by atoms with Gasteiger partial charge in [-0.25, -0.2) is 4.98 Å². The number of benzene rings is 1. The second kappa shape index (κ2) is 8.83. The smallest absolute Gasteiger partial charge is 0.252 e. The van der Waals surface area contributed by atoms with E-state index in [1.165, 1.54) is 22.5 Å². The minimum atomic E-state index is -0.303. The van der Waals surface area contributed by atoms with Crippen LogP contribution in [0.5, 0.6) is 0 Å². The van der Waals surface area contributed by atoms with Crippen LogP contribution in [0.1, 0.15) is 11.3 Å². The summed E-state index contributed by atoms with van der Waals surface area (Å²) in [7, 11) is 0. The number of hydrogen-bond acceptors (Lipinski definition) is 6. The van der Waals surface area contributed by atoms with Crippen LogP contribution in [0.4, 0.5) is 5.82 Å². The number of anilines is 1. The van der Waals surface area contributed by atoms with Crippen LogP contribution >= 0.6 is 11.8 Å². The molecular formula is C21H19N5O3S. The largest absolute Gasteiger partial charge is 0.463 e. The van der Waals surface area contributed by atoms with E-state index in [0.717, 1.165) is 11.3 Å². The van der Waals surface area contributed by atoms with E-state index in [2.05, 4.69) is 20.4 Å². The van der Waals surface area contributed by atoms with Crippen LogP contribution in [-0.4, -0.2) is 31.4 Å². The summed E-state index contributed by atoms with van der Waals surface area (Å²) in [6.07, 6.45) is 1.54. The van der Waals surface area contributed by atoms with Crippen molar-refractivity contribution >= 4 is 23.5 Å². The van der Waals surface area contributed by atoms with Crippen LogP contribution in [0.3, 0.4) is 0 Å². The Hall–Kier alpha value is -3.59. The maximum absolute atomic E-state index is 12.5. The molecular weight excluding hydrogens is 402 g/mol. The lowest BCUT2D eigenvalue weighted by molar-refractivity contribution is -0.113. The Kier molecular flexibility index (Phi) is 5.80. The molecule has 9 heteroatoms. The number of nitrogens with zero attached hydrogens (tertiary/aromatic N) is 3. The number of aromatic nitrogens is 4. The number of nitrogens with one attached hydrogen (secondary N) is 2. The van der Waals surface area contributed by atoms with E-state index in [1.54, 1.807) is 31.4 Å². The van der Waals surface area contributed by atoms with Crippen molar-refractivity contribution in [3.8, 4) is 17.4 Å². The van der Waals surface area contributed by atoms with Crippen molar-refractivity contribution in [2.24, 2.45) is 0 Å². The first-order chi connectivity index (χ1) is 14.6. The lowest BCUT2D eigenvalue weighted by atomic mass is 10.2. The summed E-state index contributed by atoms with van der Waals surface area (Å²) in [5.41, 5.74) is 1.90. The molecule has 0 saturated heterocycles. The van der Waals surface area contributed by atoms with E-state index in [1.807, 2.05) is 30.3 Å². The molecule has 1 amide bonds. The van der Waals surface area contributed by atoms with Crippen LogP contribution in [0.2, 0.25) is 0 Å². The van der Waals surface area contributed by atoms with Gasteiger partial charge in [-0.2, -0.15) is 9.78 Å². The van der Waals surface area contributed by atoms with Gasteiger partial charge in [-0.1, -0.05) is 30.3 Å². The van der Waals surface area contributed by atoms with E-state index < -0.39 is 0 Å². The van der Waals surface area contributed by atoms with E-state index in [9.17, 15) is 9.59 Å². The molecule has 0 bridgehead atoms. The molecule has 0 unspecified atom stereocenters. The van der Waals surface area contributed by atoms with Crippen molar-refractivity contribution in [1.82, 2.24) is 19.7 Å². The van der Waals surface area contributed by atoms with Gasteiger partial charge in [0.2, 0.25) is 11.9 Å². The number of furan rings is 1. The topological polar surface area (TPSA) is 106 Å². The van der Waals surface area contributed by atoms with Crippen LogP contribution in [-0.2, 0) is 10.5 Å². The summed E-state index contributed by atoms with van der Waals surface area (Å²) in [5.74, 6) is 1.97. The zero-order chi connectivity index (χ0) is 20.9. The van der Waals surface area contributed by atoms with Gasteiger partial charge in [0.25, 0.3) is 5.56 Å². The molecule has 0 radical (unpaired) electrons. The number of aromatic amines is 1. The molecule has 0 spiro atoms. The number of amides is 1. The molecule has 3 heterocycles. The first-order valence-corrected chi connectivity index (χ1v) is 10.4. The molecule has 1 aromatic carbocycles. The third-order valence-electron chi connectivity index (χ3n) is 4.15. The van der Waals surface area contributed by atoms with Crippen molar-refractivity contribution in [3.63, 3.8) is 0 Å². The van der Waals surface area contributed by atoms with Gasteiger partial charge in [0.1, 0.15) is 11.5 Å². The Labute approximate surface area is 176 Å². The van der Waals surface area contributed by atoms with Crippen molar-refractivity contribution in [2.75, 3.05) is 11.1 Å². The van der Waals surface area contributed by atoms with Crippen LogP contribution in [0, 0.1) is 6.92 Å². The lowest BCUT2D eigenvalue weighted by Crippen LogP contribution is -2.20. The summed E-state index contributed by atoms with van der Waals surface area (Å²) in [6.45, 7) is 1.72. The summed E-state index contributed by atoms with van der Waals surface area (Å²) >= 11 is 1.51. The zero-order valence-corrected chi connectivity index (χ0v) is 17.0. The molecule has 2 N–H and O–H groups in total. The van der Waals surface area contributed by atoms with Gasteiger partial charge in [-0.15, -0.1) is 11.8 Å². The number of rotatable bonds is 7. The second-order valence-electron chi connectivity index (χ2n) is 6.54. The maximum atomic E-state index is 12.5. The van der Waals surface area contributed by atoms with Crippen LogP contribution < -0.4 is 10.9 Å². The Bertz CT molecular complexity index is 1200. The van der Waals surface area contributed by atoms with Gasteiger partial charge in [0.05, 0.1) is 12.0 Å². The van der Waals surface area contributed by atoms with E-state index in [4.69, 9.17) is 4.42 Å². The molecule has 3 aromatic heterocycles. The molecule has 0 aliphatic rings. The first kappa shape index (κ1) is 19.7. The molecule has 0 aliphatic heterocycles. The fourth-order valence-electron chi connectivity index (χ4n) is 2.85. The zero-order valence-electron chi connectivity index (χ0n) is 16.2. The number of carbonyl (C=O) groups is 1. The number of thioether (sulfide) groups is 1. The third-order valence-corrected chi connectivity index (χ3v) is 5.16. The maximum Gasteiger partial charge on any atom is 0.252 e. The summed E-state index contributed by atoms with van der Waals surface area (Å²) in [5, 5.41) is 7.31. The SMILES string of the molecule is Cc1cc(=O)[nH]c(-n2nc(-c3ccco3)cc2NC(=O)CSCc2ccccc2)n1. The number of aryl methyl sites for hydroxylation is 1. The fourth-order valence-corrected chi connectivity index (χ4v) is 3.64. The minimum absolute atomic E-state index is 0.182. The van der Waals surface area contributed by atoms with Crippen molar-refractivity contribution < 1.29 is 9.21 Å². The summed E-state index contributed by atoms with van der Waals surface area (Å²) in [6, 6.07) is 16.5. The van der Waals surface area contributed by atoms with Gasteiger partial charge in [0.15, 0.2) is 5.76 Å². The quantitative estimate of drug-likeness (QED) is 0.474. The molecule has 0 saturated carbocycles. The number of carbonyl (C=O) groups excluding carboxylic acids is 1. The highest BCUT2D eigenvalue weighted by Gasteiger charge is 2.17. The molecule has 0 atom stereocenters. The monoisotopic (exact) mass is 421 g/mol. The fraction of sp³-hybridized carbons (Fsp3) is 0.143. The Morgan fingerprint density at radius 3 is 2.77 bits per heavy atom. The highest BCUT2D eigenvalue weighted by atomic mass is 32.2. The molecule has 8 nitrogen and oxygen atoms in total. The van der Waals surface area contributed by atoms with E-state index in [-0.39, 0.29) is 23.2 Å². The van der Waals surface area contributed by atoms with Gasteiger partial charge < -0.3 is 9.73 Å². The van der Waals surface area contributed by atoms with Crippen LogP contribution in [0.25, 0.3) is 17.4 Å². The number of hydrogen-bond donors (Lipinski definition) is 2. The van der Waals surface area contributed by atoms with Crippen LogP contribution in [0.15, 0.2) is 70.1 Å². The molecule has 0 fully saturated rings. The first-order valence-electron chi connectivity index (χ1n) is 9.22. The molecule has 152 valence electrons. The van der Waals surface area contributed by atoms with Crippen molar-refractivity contribution in [3.05, 3.63) is 82.5 Å². The normalized spacial score (nSPS) is 10.8. The summed E-state index contributed by atoms with van der Waals surface area (Å²) < 4.78 is 6.80. The second-order valence-corrected chi connectivity index (χ2v) is 7.53. The molecule has 30 heavy (non-hydrogen) atoms. The molecule has 4 rings (SSSR count). The predicted molar refractivity (Wildman–Crippen MR) is 116 cm³/mol.